The molecule has 0 unspecified atom stereocenters. The van der Waals surface area contributed by atoms with Crippen LogP contribution in [0.15, 0.2) is 47.4 Å². The van der Waals surface area contributed by atoms with Gasteiger partial charge in [0.2, 0.25) is 0 Å². The molecule has 1 amide bonds. The Hall–Kier alpha value is -2.25. The average Bonchev–Trinajstić information content (AvgIpc) is 2.62. The first-order valence-corrected chi connectivity index (χ1v) is 10.4. The third-order valence-corrected chi connectivity index (χ3v) is 5.57. The van der Waals surface area contributed by atoms with E-state index in [4.69, 9.17) is 16.3 Å². The molecule has 2 aromatic carbocycles. The summed E-state index contributed by atoms with van der Waals surface area (Å²) in [6, 6.07) is 11.1. The number of halogens is 1. The molecular weight excluding hydrogens is 388 g/mol. The maximum Gasteiger partial charge on any atom is 0.261 e. The van der Waals surface area contributed by atoms with Crippen LogP contribution < -0.4 is 14.8 Å². The van der Waals surface area contributed by atoms with Gasteiger partial charge in [-0.2, -0.15) is 0 Å². The Bertz CT molecular complexity index is 898. The van der Waals surface area contributed by atoms with Gasteiger partial charge in [-0.3, -0.25) is 9.52 Å². The monoisotopic (exact) mass is 410 g/mol. The predicted molar refractivity (Wildman–Crippen MR) is 107 cm³/mol. The summed E-state index contributed by atoms with van der Waals surface area (Å²) in [5.74, 6) is -0.0246. The van der Waals surface area contributed by atoms with E-state index in [1.54, 1.807) is 12.1 Å². The van der Waals surface area contributed by atoms with E-state index in [1.807, 2.05) is 32.9 Å². The molecule has 6 nitrogen and oxygen atoms in total. The number of hydrogen-bond acceptors (Lipinski definition) is 4. The minimum atomic E-state index is -3.79. The van der Waals surface area contributed by atoms with Gasteiger partial charge in [-0.25, -0.2) is 8.42 Å². The Morgan fingerprint density at radius 1 is 1.19 bits per heavy atom. The zero-order valence-electron chi connectivity index (χ0n) is 15.5. The molecule has 2 aromatic rings. The maximum atomic E-state index is 12.5. The molecule has 1 atom stereocenters. The molecule has 146 valence electrons. The molecule has 0 fully saturated rings. The number of carbonyl (C=O) groups is 1. The zero-order chi connectivity index (χ0) is 20.0. The smallest absolute Gasteiger partial charge is 0.261 e. The van der Waals surface area contributed by atoms with Crippen LogP contribution >= 0.6 is 11.6 Å². The summed E-state index contributed by atoms with van der Waals surface area (Å²) in [5.41, 5.74) is 1.48. The zero-order valence-corrected chi connectivity index (χ0v) is 17.0. The summed E-state index contributed by atoms with van der Waals surface area (Å²) in [6.07, 6.45) is 0.813. The lowest BCUT2D eigenvalue weighted by Crippen LogP contribution is -2.35. The summed E-state index contributed by atoms with van der Waals surface area (Å²) in [4.78, 5) is 11.8. The molecule has 0 aliphatic carbocycles. The summed E-state index contributed by atoms with van der Waals surface area (Å²) >= 11 is 6.13. The second kappa shape index (κ2) is 9.10. The van der Waals surface area contributed by atoms with Gasteiger partial charge in [-0.1, -0.05) is 36.2 Å². The molecule has 2 N–H and O–H groups in total. The van der Waals surface area contributed by atoms with E-state index in [1.165, 1.54) is 18.2 Å². The van der Waals surface area contributed by atoms with Crippen molar-refractivity contribution in [3.63, 3.8) is 0 Å². The van der Waals surface area contributed by atoms with Crippen molar-refractivity contribution >= 4 is 33.2 Å². The third-order valence-electron chi connectivity index (χ3n) is 3.90. The SMILES string of the molecule is CC[C@@H](C)NC(=O)COc1ccc(S(=O)(=O)Nc2ccc(C)cc2)cc1Cl. The van der Waals surface area contributed by atoms with Gasteiger partial charge in [0, 0.05) is 11.7 Å². The number of anilines is 1. The maximum absolute atomic E-state index is 12.5. The van der Waals surface area contributed by atoms with E-state index >= 15 is 0 Å². The van der Waals surface area contributed by atoms with Gasteiger partial charge >= 0.3 is 0 Å². The van der Waals surface area contributed by atoms with Crippen LogP contribution in [0.5, 0.6) is 5.75 Å². The summed E-state index contributed by atoms with van der Waals surface area (Å²) in [6.45, 7) is 5.58. The molecule has 0 aromatic heterocycles. The Morgan fingerprint density at radius 2 is 1.85 bits per heavy atom. The molecular formula is C19H23ClN2O4S. The van der Waals surface area contributed by atoms with Gasteiger partial charge in [-0.05, 0) is 50.6 Å². The van der Waals surface area contributed by atoms with Crippen LogP contribution in [0.25, 0.3) is 0 Å². The minimum Gasteiger partial charge on any atom is -0.482 e. The quantitative estimate of drug-likeness (QED) is 0.694. The van der Waals surface area contributed by atoms with Crippen LogP contribution in [0.4, 0.5) is 5.69 Å². The largest absolute Gasteiger partial charge is 0.482 e. The Labute approximate surface area is 164 Å². The number of hydrogen-bond donors (Lipinski definition) is 2. The molecule has 2 rings (SSSR count). The lowest BCUT2D eigenvalue weighted by molar-refractivity contribution is -0.123. The number of aryl methyl sites for hydroxylation is 1. The fourth-order valence-corrected chi connectivity index (χ4v) is 3.55. The van der Waals surface area contributed by atoms with E-state index in [-0.39, 0.29) is 34.2 Å². The molecule has 0 aliphatic rings. The number of rotatable bonds is 8. The van der Waals surface area contributed by atoms with E-state index in [0.29, 0.717) is 5.69 Å². The fraction of sp³-hybridized carbons (Fsp3) is 0.316. The van der Waals surface area contributed by atoms with Crippen molar-refractivity contribution in [1.29, 1.82) is 0 Å². The van der Waals surface area contributed by atoms with Crippen LogP contribution in [0.2, 0.25) is 5.02 Å². The van der Waals surface area contributed by atoms with Crippen molar-refractivity contribution in [3.8, 4) is 5.75 Å². The van der Waals surface area contributed by atoms with Gasteiger partial charge in [0.1, 0.15) is 5.75 Å². The first-order chi connectivity index (χ1) is 12.7. The van der Waals surface area contributed by atoms with Crippen molar-refractivity contribution in [2.24, 2.45) is 0 Å². The molecule has 27 heavy (non-hydrogen) atoms. The molecule has 0 heterocycles. The Kier molecular flexibility index (Phi) is 7.10. The molecule has 0 spiro atoms. The lowest BCUT2D eigenvalue weighted by atomic mass is 10.2. The van der Waals surface area contributed by atoms with Crippen LogP contribution in [0.3, 0.4) is 0 Å². The molecule has 0 saturated carbocycles. The van der Waals surface area contributed by atoms with Crippen molar-refractivity contribution in [2.45, 2.75) is 38.1 Å². The highest BCUT2D eigenvalue weighted by atomic mass is 35.5. The number of ether oxygens (including phenoxy) is 1. The molecule has 8 heteroatoms. The number of amides is 1. The number of benzene rings is 2. The fourth-order valence-electron chi connectivity index (χ4n) is 2.16. The third kappa shape index (κ3) is 6.15. The lowest BCUT2D eigenvalue weighted by Gasteiger charge is -2.13. The molecule has 0 radical (unpaired) electrons. The van der Waals surface area contributed by atoms with Crippen molar-refractivity contribution in [3.05, 3.63) is 53.1 Å². The van der Waals surface area contributed by atoms with Crippen molar-refractivity contribution in [2.75, 3.05) is 11.3 Å². The first kappa shape index (κ1) is 21.1. The number of sulfonamides is 1. The van der Waals surface area contributed by atoms with E-state index in [0.717, 1.165) is 12.0 Å². The summed E-state index contributed by atoms with van der Waals surface area (Å²) in [5, 5.41) is 2.88. The van der Waals surface area contributed by atoms with E-state index in [2.05, 4.69) is 10.0 Å². The predicted octanol–water partition coefficient (Wildman–Crippen LogP) is 3.74. The van der Waals surface area contributed by atoms with Gasteiger partial charge in [0.05, 0.1) is 9.92 Å². The van der Waals surface area contributed by atoms with Crippen LogP contribution in [-0.4, -0.2) is 27.0 Å². The number of nitrogens with one attached hydrogen (secondary N) is 2. The Balaban J connectivity index is 2.06. The highest BCUT2D eigenvalue weighted by Gasteiger charge is 2.17. The van der Waals surface area contributed by atoms with E-state index in [9.17, 15) is 13.2 Å². The normalized spacial score (nSPS) is 12.3. The first-order valence-electron chi connectivity index (χ1n) is 8.52. The average molecular weight is 411 g/mol. The highest BCUT2D eigenvalue weighted by Crippen LogP contribution is 2.28. The van der Waals surface area contributed by atoms with Crippen LogP contribution in [0, 0.1) is 6.92 Å². The standard InChI is InChI=1S/C19H23ClN2O4S/c1-4-14(3)21-19(23)12-26-18-10-9-16(11-17(18)20)27(24,25)22-15-7-5-13(2)6-8-15/h5-11,14,22H,4,12H2,1-3H3,(H,21,23)/t14-/m1/s1. The summed E-state index contributed by atoms with van der Waals surface area (Å²) < 4.78 is 32.9. The van der Waals surface area contributed by atoms with Crippen molar-refractivity contribution < 1.29 is 17.9 Å². The van der Waals surface area contributed by atoms with Crippen LogP contribution in [-0.2, 0) is 14.8 Å². The van der Waals surface area contributed by atoms with E-state index < -0.39 is 10.0 Å². The van der Waals surface area contributed by atoms with Gasteiger partial charge in [-0.15, -0.1) is 0 Å². The highest BCUT2D eigenvalue weighted by molar-refractivity contribution is 7.92. The molecule has 0 bridgehead atoms. The topological polar surface area (TPSA) is 84.5 Å². The van der Waals surface area contributed by atoms with Crippen molar-refractivity contribution in [1.82, 2.24) is 5.32 Å². The molecule has 0 aliphatic heterocycles. The second-order valence-electron chi connectivity index (χ2n) is 6.23. The Morgan fingerprint density at radius 3 is 2.44 bits per heavy atom. The summed E-state index contributed by atoms with van der Waals surface area (Å²) in [7, 11) is -3.79. The van der Waals surface area contributed by atoms with Gasteiger partial charge < -0.3 is 10.1 Å². The second-order valence-corrected chi connectivity index (χ2v) is 8.32. The number of carbonyl (C=O) groups excluding carboxylic acids is 1. The van der Waals surface area contributed by atoms with Crippen LogP contribution in [0.1, 0.15) is 25.8 Å². The van der Waals surface area contributed by atoms with Gasteiger partial charge in [0.25, 0.3) is 15.9 Å². The van der Waals surface area contributed by atoms with Gasteiger partial charge in [0.15, 0.2) is 6.61 Å². The minimum absolute atomic E-state index is 0.00415. The molecule has 0 saturated heterocycles.